The summed E-state index contributed by atoms with van der Waals surface area (Å²) < 4.78 is 5.89. The number of fused-ring (bicyclic) bond motifs is 1. The maximum Gasteiger partial charge on any atom is 0.207 e. The van der Waals surface area contributed by atoms with Gasteiger partial charge in [0.1, 0.15) is 23.3 Å². The van der Waals surface area contributed by atoms with Gasteiger partial charge in [0, 0.05) is 23.5 Å². The first-order valence-corrected chi connectivity index (χ1v) is 8.01. The highest BCUT2D eigenvalue weighted by Gasteiger charge is 2.43. The van der Waals surface area contributed by atoms with E-state index in [1.165, 1.54) is 0 Å². The SMILES string of the molecule is CC1(C)Oc2ccc(C#N)cc2[C@@H](NC(=NC#N)c2cccnc2)[C@@H]1O. The molecule has 0 spiro atoms. The third-order valence-electron chi connectivity index (χ3n) is 4.26. The van der Waals surface area contributed by atoms with Crippen molar-refractivity contribution in [2.75, 3.05) is 0 Å². The van der Waals surface area contributed by atoms with E-state index in [2.05, 4.69) is 21.4 Å². The second-order valence-corrected chi connectivity index (χ2v) is 6.44. The zero-order valence-corrected chi connectivity index (χ0v) is 14.3. The smallest absolute Gasteiger partial charge is 0.207 e. The molecule has 1 aromatic heterocycles. The fourth-order valence-electron chi connectivity index (χ4n) is 2.91. The number of amidine groups is 1. The van der Waals surface area contributed by atoms with E-state index in [4.69, 9.17) is 10.00 Å². The van der Waals surface area contributed by atoms with Gasteiger partial charge in [-0.15, -0.1) is 0 Å². The lowest BCUT2D eigenvalue weighted by Crippen LogP contribution is -2.53. The molecule has 0 aliphatic carbocycles. The van der Waals surface area contributed by atoms with Gasteiger partial charge in [0.05, 0.1) is 17.7 Å². The predicted octanol–water partition coefficient (Wildman–Crippen LogP) is 2.04. The number of aliphatic imine (C=N–C) groups is 1. The first-order chi connectivity index (χ1) is 12.5. The van der Waals surface area contributed by atoms with Crippen molar-refractivity contribution in [3.8, 4) is 18.0 Å². The maximum absolute atomic E-state index is 10.8. The standard InChI is InChI=1S/C19H17N5O2/c1-19(2)17(25)16(14-8-12(9-20)5-6-15(14)26-19)24-18(23-11-21)13-4-3-7-22-10-13/h3-8,10,16-17,25H,1-2H3,(H,23,24)/t16-,17+/m1/s1. The van der Waals surface area contributed by atoms with Crippen LogP contribution in [0.25, 0.3) is 0 Å². The number of hydrogen-bond donors (Lipinski definition) is 2. The van der Waals surface area contributed by atoms with Crippen LogP contribution in [0.2, 0.25) is 0 Å². The Bertz CT molecular complexity index is 925. The highest BCUT2D eigenvalue weighted by Crippen LogP contribution is 2.40. The van der Waals surface area contributed by atoms with Crippen molar-refractivity contribution >= 4 is 5.84 Å². The minimum atomic E-state index is -0.940. The molecule has 0 amide bonds. The Balaban J connectivity index is 2.06. The minimum Gasteiger partial charge on any atom is -0.485 e. The summed E-state index contributed by atoms with van der Waals surface area (Å²) in [6.07, 6.45) is 4.03. The normalized spacial score (nSPS) is 20.9. The Morgan fingerprint density at radius 1 is 1.35 bits per heavy atom. The van der Waals surface area contributed by atoms with Crippen LogP contribution in [0.15, 0.2) is 47.7 Å². The largest absolute Gasteiger partial charge is 0.485 e. The van der Waals surface area contributed by atoms with E-state index >= 15 is 0 Å². The van der Waals surface area contributed by atoms with Gasteiger partial charge in [-0.25, -0.2) is 0 Å². The number of benzene rings is 1. The van der Waals surface area contributed by atoms with E-state index in [0.717, 1.165) is 0 Å². The van der Waals surface area contributed by atoms with Gasteiger partial charge >= 0.3 is 0 Å². The summed E-state index contributed by atoms with van der Waals surface area (Å²) in [4.78, 5) is 7.88. The van der Waals surface area contributed by atoms with Crippen LogP contribution in [-0.2, 0) is 0 Å². The lowest BCUT2D eigenvalue weighted by atomic mass is 9.85. The number of hydrogen-bond acceptors (Lipinski definition) is 6. The number of pyridine rings is 1. The molecule has 0 bridgehead atoms. The predicted molar refractivity (Wildman–Crippen MR) is 94.1 cm³/mol. The van der Waals surface area contributed by atoms with Gasteiger partial charge < -0.3 is 15.2 Å². The Morgan fingerprint density at radius 3 is 2.81 bits per heavy atom. The molecule has 0 fully saturated rings. The quantitative estimate of drug-likeness (QED) is 0.488. The number of aromatic nitrogens is 1. The second-order valence-electron chi connectivity index (χ2n) is 6.44. The van der Waals surface area contributed by atoms with Crippen LogP contribution in [0.5, 0.6) is 5.75 Å². The number of aliphatic hydroxyl groups is 1. The third kappa shape index (κ3) is 3.21. The van der Waals surface area contributed by atoms with Crippen molar-refractivity contribution in [1.82, 2.24) is 10.3 Å². The zero-order valence-electron chi connectivity index (χ0n) is 14.3. The number of aliphatic hydroxyl groups excluding tert-OH is 1. The molecular formula is C19H17N5O2. The fourth-order valence-corrected chi connectivity index (χ4v) is 2.91. The van der Waals surface area contributed by atoms with Gasteiger partial charge in [0.25, 0.3) is 0 Å². The van der Waals surface area contributed by atoms with E-state index in [1.807, 2.05) is 0 Å². The molecule has 7 heteroatoms. The Morgan fingerprint density at radius 2 is 2.15 bits per heavy atom. The lowest BCUT2D eigenvalue weighted by molar-refractivity contribution is -0.0610. The molecule has 130 valence electrons. The van der Waals surface area contributed by atoms with E-state index in [1.54, 1.807) is 62.8 Å². The topological polar surface area (TPSA) is 114 Å². The van der Waals surface area contributed by atoms with E-state index in [9.17, 15) is 10.4 Å². The van der Waals surface area contributed by atoms with E-state index in [-0.39, 0.29) is 5.84 Å². The number of rotatable bonds is 2. The first-order valence-electron chi connectivity index (χ1n) is 8.01. The Labute approximate surface area is 151 Å². The number of nitrogens with zero attached hydrogens (tertiary/aromatic N) is 4. The van der Waals surface area contributed by atoms with E-state index < -0.39 is 17.7 Å². The molecular weight excluding hydrogens is 330 g/mol. The van der Waals surface area contributed by atoms with Crippen LogP contribution in [0.1, 0.15) is 36.6 Å². The molecule has 3 rings (SSSR count). The molecule has 0 unspecified atom stereocenters. The molecule has 2 atom stereocenters. The Kier molecular flexibility index (Phi) is 4.57. The number of ether oxygens (including phenoxy) is 1. The molecule has 0 saturated heterocycles. The first kappa shape index (κ1) is 17.4. The molecule has 26 heavy (non-hydrogen) atoms. The van der Waals surface area contributed by atoms with Crippen LogP contribution in [0, 0.1) is 22.8 Å². The van der Waals surface area contributed by atoms with Gasteiger partial charge in [-0.05, 0) is 44.2 Å². The molecule has 1 aliphatic rings. The van der Waals surface area contributed by atoms with Crippen molar-refractivity contribution in [3.05, 3.63) is 59.4 Å². The summed E-state index contributed by atoms with van der Waals surface area (Å²) in [6.45, 7) is 3.55. The second kappa shape index (κ2) is 6.83. The minimum absolute atomic E-state index is 0.288. The van der Waals surface area contributed by atoms with Crippen molar-refractivity contribution in [3.63, 3.8) is 0 Å². The van der Waals surface area contributed by atoms with Gasteiger partial charge in [0.2, 0.25) is 6.19 Å². The fraction of sp³-hybridized carbons (Fsp3) is 0.263. The van der Waals surface area contributed by atoms with Crippen molar-refractivity contribution in [2.45, 2.75) is 31.6 Å². The Hall–Kier alpha value is -3.42. The van der Waals surface area contributed by atoms with Crippen molar-refractivity contribution in [2.24, 2.45) is 4.99 Å². The highest BCUT2D eigenvalue weighted by molar-refractivity contribution is 5.99. The summed E-state index contributed by atoms with van der Waals surface area (Å²) in [5, 5.41) is 32.2. The molecule has 1 aliphatic heterocycles. The van der Waals surface area contributed by atoms with Gasteiger partial charge in [0.15, 0.2) is 0 Å². The monoisotopic (exact) mass is 347 g/mol. The van der Waals surface area contributed by atoms with Crippen LogP contribution >= 0.6 is 0 Å². The molecule has 0 radical (unpaired) electrons. The maximum atomic E-state index is 10.8. The molecule has 2 aromatic rings. The van der Waals surface area contributed by atoms with Crippen molar-refractivity contribution < 1.29 is 9.84 Å². The van der Waals surface area contributed by atoms with E-state index in [0.29, 0.717) is 22.4 Å². The summed E-state index contributed by atoms with van der Waals surface area (Å²) in [5.74, 6) is 0.856. The molecule has 7 nitrogen and oxygen atoms in total. The van der Waals surface area contributed by atoms with Gasteiger partial charge in [-0.2, -0.15) is 15.5 Å². The van der Waals surface area contributed by atoms with Crippen LogP contribution in [-0.4, -0.2) is 27.6 Å². The van der Waals surface area contributed by atoms with Gasteiger partial charge in [-0.3, -0.25) is 4.98 Å². The number of nitrogens with one attached hydrogen (secondary N) is 1. The van der Waals surface area contributed by atoms with Crippen LogP contribution < -0.4 is 10.1 Å². The summed E-state index contributed by atoms with van der Waals surface area (Å²) in [7, 11) is 0. The van der Waals surface area contributed by atoms with Crippen LogP contribution in [0.3, 0.4) is 0 Å². The third-order valence-corrected chi connectivity index (χ3v) is 4.26. The molecule has 0 saturated carbocycles. The van der Waals surface area contributed by atoms with Crippen molar-refractivity contribution in [1.29, 1.82) is 10.5 Å². The molecule has 1 aromatic carbocycles. The van der Waals surface area contributed by atoms with Crippen LogP contribution in [0.4, 0.5) is 0 Å². The molecule has 2 N–H and O–H groups in total. The summed E-state index contributed by atoms with van der Waals surface area (Å²) in [6, 6.07) is 10.0. The van der Waals surface area contributed by atoms with Gasteiger partial charge in [-0.1, -0.05) is 0 Å². The summed E-state index contributed by atoms with van der Waals surface area (Å²) in [5.41, 5.74) is 0.825. The average Bonchev–Trinajstić information content (AvgIpc) is 2.65. The number of nitriles is 2. The zero-order chi connectivity index (χ0) is 18.7. The highest BCUT2D eigenvalue weighted by atomic mass is 16.5. The molecule has 2 heterocycles. The lowest BCUT2D eigenvalue weighted by Gasteiger charge is -2.42. The average molecular weight is 347 g/mol. The summed E-state index contributed by atoms with van der Waals surface area (Å²) >= 11 is 0.